The summed E-state index contributed by atoms with van der Waals surface area (Å²) in [5.41, 5.74) is 7.90. The average Bonchev–Trinajstić information content (AvgIpc) is 3.36. The molecule has 0 radical (unpaired) electrons. The van der Waals surface area contributed by atoms with Gasteiger partial charge in [-0.1, -0.05) is 84.9 Å². The van der Waals surface area contributed by atoms with Crippen molar-refractivity contribution >= 4 is 21.5 Å². The van der Waals surface area contributed by atoms with E-state index >= 15 is 0 Å². The average molecular weight is 433 g/mol. The van der Waals surface area contributed by atoms with Crippen molar-refractivity contribution in [2.45, 2.75) is 26.4 Å². The first kappa shape index (κ1) is 20.1. The van der Waals surface area contributed by atoms with Gasteiger partial charge in [0, 0.05) is 0 Å². The zero-order valence-electron chi connectivity index (χ0n) is 18.2. The topological polar surface area (TPSA) is 49.7 Å². The normalized spacial score (nSPS) is 13.0. The zero-order valence-corrected chi connectivity index (χ0v) is 18.2. The highest BCUT2D eigenvalue weighted by molar-refractivity contribution is 6.02. The van der Waals surface area contributed by atoms with Crippen LogP contribution >= 0.6 is 0 Å². The molecule has 0 amide bonds. The fraction of sp³-hybridized carbons (Fsp3) is 0.133. The van der Waals surface area contributed by atoms with E-state index in [-0.39, 0.29) is 13.2 Å². The van der Waals surface area contributed by atoms with Crippen LogP contribution in [-0.4, -0.2) is 10.2 Å². The number of aliphatic hydroxyl groups excluding tert-OH is 2. The Labute approximate surface area is 192 Å². The van der Waals surface area contributed by atoms with E-state index in [2.05, 4.69) is 60.7 Å². The van der Waals surface area contributed by atoms with Crippen LogP contribution in [0.25, 0.3) is 43.8 Å². The molecule has 5 aromatic carbocycles. The first-order valence-corrected chi connectivity index (χ1v) is 11.3. The van der Waals surface area contributed by atoms with Crippen LogP contribution in [0.15, 0.2) is 84.9 Å². The van der Waals surface area contributed by atoms with Crippen molar-refractivity contribution in [3.8, 4) is 22.3 Å². The minimum atomic E-state index is -0.153. The number of fused-ring (bicyclic) bond motifs is 3. The smallest absolute Gasteiger partial charge is 0.0731 e. The highest BCUT2D eigenvalue weighted by Crippen LogP contribution is 2.46. The molecule has 0 aliphatic carbocycles. The van der Waals surface area contributed by atoms with Crippen LogP contribution in [0.2, 0.25) is 0 Å². The Kier molecular flexibility index (Phi) is 4.96. The lowest BCUT2D eigenvalue weighted by Crippen LogP contribution is -2.07. The van der Waals surface area contributed by atoms with E-state index in [0.717, 1.165) is 66.1 Å². The number of rotatable bonds is 4. The lowest BCUT2D eigenvalue weighted by atomic mass is 9.81. The first-order valence-electron chi connectivity index (χ1n) is 11.3. The summed E-state index contributed by atoms with van der Waals surface area (Å²) in [4.78, 5) is 0. The number of hydrogen-bond donors (Lipinski definition) is 2. The Bertz CT molecular complexity index is 1390. The minimum Gasteiger partial charge on any atom is -0.392 e. The number of aliphatic hydroxyl groups is 2. The number of benzene rings is 5. The Balaban J connectivity index is 1.74. The largest absolute Gasteiger partial charge is 0.392 e. The van der Waals surface area contributed by atoms with Crippen molar-refractivity contribution in [1.82, 2.24) is 0 Å². The van der Waals surface area contributed by atoms with E-state index in [9.17, 15) is 10.2 Å². The summed E-state index contributed by atoms with van der Waals surface area (Å²) in [7, 11) is 0. The standard InChI is InChI=1S/C30H24O3/c31-15-25-26(16-32)30(24-14-6-10-20-8-2-4-12-22(20)24)28-18-33-17-27(28)29(25)23-13-5-9-19-7-1-3-11-21(19)23/h1-14,31-32H,15-18H2. The molecule has 3 nitrogen and oxygen atoms in total. The molecule has 0 aromatic heterocycles. The molecule has 0 saturated carbocycles. The van der Waals surface area contributed by atoms with Gasteiger partial charge in [0.2, 0.25) is 0 Å². The second-order valence-corrected chi connectivity index (χ2v) is 8.53. The van der Waals surface area contributed by atoms with Crippen molar-refractivity contribution in [3.63, 3.8) is 0 Å². The molecule has 0 bridgehead atoms. The molecule has 162 valence electrons. The molecule has 5 aromatic rings. The highest BCUT2D eigenvalue weighted by Gasteiger charge is 2.29. The SMILES string of the molecule is OCc1c(CO)c(-c2cccc3ccccc23)c2c(c1-c1cccc3ccccc13)COC2. The first-order chi connectivity index (χ1) is 16.3. The van der Waals surface area contributed by atoms with Crippen LogP contribution in [0.4, 0.5) is 0 Å². The van der Waals surface area contributed by atoms with Gasteiger partial charge >= 0.3 is 0 Å². The Morgan fingerprint density at radius 1 is 0.545 bits per heavy atom. The molecule has 0 fully saturated rings. The third-order valence-electron chi connectivity index (χ3n) is 6.86. The predicted octanol–water partition coefficient (Wildman–Crippen LogP) is 6.34. The molecule has 2 N–H and O–H groups in total. The maximum atomic E-state index is 10.6. The zero-order chi connectivity index (χ0) is 22.4. The molecule has 0 atom stereocenters. The second-order valence-electron chi connectivity index (χ2n) is 8.53. The lowest BCUT2D eigenvalue weighted by molar-refractivity contribution is 0.135. The third kappa shape index (κ3) is 3.09. The van der Waals surface area contributed by atoms with E-state index in [1.54, 1.807) is 0 Å². The van der Waals surface area contributed by atoms with E-state index in [1.165, 1.54) is 0 Å². The summed E-state index contributed by atoms with van der Waals surface area (Å²) in [6.07, 6.45) is 0. The third-order valence-corrected chi connectivity index (χ3v) is 6.86. The van der Waals surface area contributed by atoms with Gasteiger partial charge < -0.3 is 14.9 Å². The second kappa shape index (κ2) is 8.13. The Hall–Kier alpha value is -3.50. The molecule has 1 aliphatic heterocycles. The molecule has 0 unspecified atom stereocenters. The summed E-state index contributed by atoms with van der Waals surface area (Å²) >= 11 is 0. The van der Waals surface area contributed by atoms with Gasteiger partial charge in [-0.05, 0) is 66.1 Å². The van der Waals surface area contributed by atoms with Gasteiger partial charge in [-0.2, -0.15) is 0 Å². The summed E-state index contributed by atoms with van der Waals surface area (Å²) in [5, 5.41) is 25.8. The Morgan fingerprint density at radius 3 is 1.42 bits per heavy atom. The van der Waals surface area contributed by atoms with Gasteiger partial charge in [0.15, 0.2) is 0 Å². The monoisotopic (exact) mass is 432 g/mol. The van der Waals surface area contributed by atoms with E-state index in [4.69, 9.17) is 4.74 Å². The fourth-order valence-corrected chi connectivity index (χ4v) is 5.43. The van der Waals surface area contributed by atoms with Gasteiger partial charge in [0.25, 0.3) is 0 Å². The minimum absolute atomic E-state index is 0.153. The van der Waals surface area contributed by atoms with E-state index in [1.807, 2.05) is 24.3 Å². The van der Waals surface area contributed by atoms with Crippen molar-refractivity contribution in [2.75, 3.05) is 0 Å². The maximum absolute atomic E-state index is 10.6. The lowest BCUT2D eigenvalue weighted by Gasteiger charge is -2.23. The molecule has 0 spiro atoms. The molecule has 0 saturated heterocycles. The highest BCUT2D eigenvalue weighted by atomic mass is 16.5. The molecule has 1 aliphatic rings. The van der Waals surface area contributed by atoms with Gasteiger partial charge in [0.1, 0.15) is 0 Å². The van der Waals surface area contributed by atoms with Crippen molar-refractivity contribution in [1.29, 1.82) is 0 Å². The summed E-state index contributed by atoms with van der Waals surface area (Å²) in [6, 6.07) is 29.1. The molecule has 33 heavy (non-hydrogen) atoms. The quantitative estimate of drug-likeness (QED) is 0.348. The van der Waals surface area contributed by atoms with Gasteiger partial charge in [-0.3, -0.25) is 0 Å². The summed E-state index contributed by atoms with van der Waals surface area (Å²) in [5.74, 6) is 0. The van der Waals surface area contributed by atoms with Crippen molar-refractivity contribution in [2.24, 2.45) is 0 Å². The van der Waals surface area contributed by atoms with Gasteiger partial charge in [-0.25, -0.2) is 0 Å². The Morgan fingerprint density at radius 2 is 0.970 bits per heavy atom. The summed E-state index contributed by atoms with van der Waals surface area (Å²) in [6.45, 7) is 0.674. The molecular formula is C30H24O3. The van der Waals surface area contributed by atoms with Crippen LogP contribution in [0, 0.1) is 0 Å². The fourth-order valence-electron chi connectivity index (χ4n) is 5.43. The molecule has 3 heteroatoms. The molecule has 1 heterocycles. The van der Waals surface area contributed by atoms with Crippen LogP contribution in [-0.2, 0) is 31.2 Å². The van der Waals surface area contributed by atoms with Crippen LogP contribution in [0.1, 0.15) is 22.3 Å². The molecule has 6 rings (SSSR count). The maximum Gasteiger partial charge on any atom is 0.0731 e. The van der Waals surface area contributed by atoms with Gasteiger partial charge in [-0.15, -0.1) is 0 Å². The van der Waals surface area contributed by atoms with Crippen LogP contribution < -0.4 is 0 Å². The summed E-state index contributed by atoms with van der Waals surface area (Å²) < 4.78 is 6.00. The van der Waals surface area contributed by atoms with Crippen LogP contribution in [0.5, 0.6) is 0 Å². The molecular weight excluding hydrogens is 408 g/mol. The van der Waals surface area contributed by atoms with Crippen LogP contribution in [0.3, 0.4) is 0 Å². The van der Waals surface area contributed by atoms with Crippen molar-refractivity contribution in [3.05, 3.63) is 107 Å². The number of hydrogen-bond acceptors (Lipinski definition) is 3. The van der Waals surface area contributed by atoms with Crippen molar-refractivity contribution < 1.29 is 14.9 Å². The van der Waals surface area contributed by atoms with Gasteiger partial charge in [0.05, 0.1) is 26.4 Å². The van der Waals surface area contributed by atoms with E-state index < -0.39 is 0 Å². The number of ether oxygens (including phenoxy) is 1. The predicted molar refractivity (Wildman–Crippen MR) is 133 cm³/mol. The van der Waals surface area contributed by atoms with E-state index in [0.29, 0.717) is 13.2 Å².